The highest BCUT2D eigenvalue weighted by Crippen LogP contribution is 2.14. The number of rotatable bonds is 5. The molecule has 0 aliphatic rings. The Morgan fingerprint density at radius 1 is 1.20 bits per heavy atom. The topological polar surface area (TPSA) is 27.0 Å². The van der Waals surface area contributed by atoms with Crippen LogP contribution in [0.2, 0.25) is 0 Å². The highest BCUT2D eigenvalue weighted by Gasteiger charge is 1.99. The van der Waals surface area contributed by atoms with Gasteiger partial charge in [0, 0.05) is 19.3 Å². The minimum Gasteiger partial charge on any atom is -0.375 e. The number of unbranched alkanes of at least 4 members (excludes halogenated alkanes) is 2. The molecule has 2 heteroatoms. The van der Waals surface area contributed by atoms with E-state index >= 15 is 0 Å². The van der Waals surface area contributed by atoms with Crippen molar-refractivity contribution in [1.29, 1.82) is 5.26 Å². The monoisotopic (exact) mass is 202 g/mol. The van der Waals surface area contributed by atoms with E-state index in [2.05, 4.69) is 24.9 Å². The van der Waals surface area contributed by atoms with Crippen molar-refractivity contribution in [2.45, 2.75) is 26.2 Å². The van der Waals surface area contributed by atoms with E-state index in [0.717, 1.165) is 12.1 Å². The van der Waals surface area contributed by atoms with Gasteiger partial charge in [0.2, 0.25) is 0 Å². The third kappa shape index (κ3) is 3.63. The molecule has 1 aromatic rings. The largest absolute Gasteiger partial charge is 0.375 e. The zero-order chi connectivity index (χ0) is 11.1. The molecule has 0 unspecified atom stereocenters. The molecule has 80 valence electrons. The number of benzene rings is 1. The van der Waals surface area contributed by atoms with Gasteiger partial charge in [-0.15, -0.1) is 0 Å². The fraction of sp³-hybridized carbons (Fsp3) is 0.462. The van der Waals surface area contributed by atoms with Gasteiger partial charge >= 0.3 is 0 Å². The second-order valence-electron chi connectivity index (χ2n) is 3.79. The number of hydrogen-bond donors (Lipinski definition) is 0. The van der Waals surface area contributed by atoms with Crippen LogP contribution in [0.15, 0.2) is 24.3 Å². The van der Waals surface area contributed by atoms with E-state index in [9.17, 15) is 0 Å². The molecular weight excluding hydrogens is 184 g/mol. The van der Waals surface area contributed by atoms with Crippen LogP contribution < -0.4 is 4.90 Å². The first-order valence-corrected chi connectivity index (χ1v) is 5.49. The van der Waals surface area contributed by atoms with Gasteiger partial charge in [-0.05, 0) is 30.7 Å². The van der Waals surface area contributed by atoms with Crippen LogP contribution in [0.25, 0.3) is 0 Å². The maximum absolute atomic E-state index is 8.68. The molecule has 0 aromatic heterocycles. The second kappa shape index (κ2) is 6.08. The van der Waals surface area contributed by atoms with Gasteiger partial charge in [0.05, 0.1) is 11.6 Å². The van der Waals surface area contributed by atoms with E-state index in [-0.39, 0.29) is 0 Å². The van der Waals surface area contributed by atoms with E-state index < -0.39 is 0 Å². The highest BCUT2D eigenvalue weighted by atomic mass is 15.1. The lowest BCUT2D eigenvalue weighted by Crippen LogP contribution is -2.18. The van der Waals surface area contributed by atoms with Crippen LogP contribution in [-0.4, -0.2) is 13.6 Å². The highest BCUT2D eigenvalue weighted by molar-refractivity contribution is 5.48. The molecule has 0 bridgehead atoms. The summed E-state index contributed by atoms with van der Waals surface area (Å²) in [5.74, 6) is 0. The molecule has 0 saturated carbocycles. The molecule has 0 atom stereocenters. The van der Waals surface area contributed by atoms with Gasteiger partial charge in [0.15, 0.2) is 0 Å². The van der Waals surface area contributed by atoms with Crippen molar-refractivity contribution < 1.29 is 0 Å². The minimum atomic E-state index is 0.723. The van der Waals surface area contributed by atoms with Crippen molar-refractivity contribution in [3.05, 3.63) is 29.8 Å². The molecule has 0 N–H and O–H groups in total. The fourth-order valence-electron chi connectivity index (χ4n) is 1.52. The van der Waals surface area contributed by atoms with Crippen molar-refractivity contribution in [2.75, 3.05) is 18.5 Å². The van der Waals surface area contributed by atoms with Crippen molar-refractivity contribution >= 4 is 5.69 Å². The lowest BCUT2D eigenvalue weighted by Gasteiger charge is -2.18. The molecule has 0 fully saturated rings. The summed E-state index contributed by atoms with van der Waals surface area (Å²) in [5.41, 5.74) is 1.91. The van der Waals surface area contributed by atoms with Crippen LogP contribution in [0.3, 0.4) is 0 Å². The van der Waals surface area contributed by atoms with Gasteiger partial charge in [0.1, 0.15) is 0 Å². The molecule has 0 aliphatic heterocycles. The van der Waals surface area contributed by atoms with Crippen LogP contribution in [0.4, 0.5) is 5.69 Å². The predicted octanol–water partition coefficient (Wildman–Crippen LogP) is 3.18. The average Bonchev–Trinajstić information content (AvgIpc) is 2.29. The van der Waals surface area contributed by atoms with E-state index in [1.807, 2.05) is 24.3 Å². The van der Waals surface area contributed by atoms with E-state index in [4.69, 9.17) is 5.26 Å². The lowest BCUT2D eigenvalue weighted by molar-refractivity contribution is 0.705. The quantitative estimate of drug-likeness (QED) is 0.686. The Morgan fingerprint density at radius 2 is 1.87 bits per heavy atom. The van der Waals surface area contributed by atoms with Gasteiger partial charge in [-0.3, -0.25) is 0 Å². The third-order valence-electron chi connectivity index (χ3n) is 2.53. The van der Waals surface area contributed by atoms with Crippen LogP contribution in [0.1, 0.15) is 31.7 Å². The first kappa shape index (κ1) is 11.6. The maximum atomic E-state index is 8.68. The van der Waals surface area contributed by atoms with Crippen LogP contribution >= 0.6 is 0 Å². The lowest BCUT2D eigenvalue weighted by atomic mass is 10.2. The Kier molecular flexibility index (Phi) is 4.70. The number of anilines is 1. The Balaban J connectivity index is 2.51. The average molecular weight is 202 g/mol. The minimum absolute atomic E-state index is 0.723. The molecule has 0 aliphatic carbocycles. The molecule has 1 rings (SSSR count). The van der Waals surface area contributed by atoms with Crippen LogP contribution in [-0.2, 0) is 0 Å². The first-order valence-electron chi connectivity index (χ1n) is 5.49. The summed E-state index contributed by atoms with van der Waals surface area (Å²) in [5, 5.41) is 8.68. The van der Waals surface area contributed by atoms with Gasteiger partial charge < -0.3 is 4.90 Å². The van der Waals surface area contributed by atoms with Crippen molar-refractivity contribution in [1.82, 2.24) is 0 Å². The molecule has 15 heavy (non-hydrogen) atoms. The molecule has 0 amide bonds. The Labute approximate surface area is 92.1 Å². The Bertz CT molecular complexity index is 321. The van der Waals surface area contributed by atoms with Gasteiger partial charge in [0.25, 0.3) is 0 Å². The van der Waals surface area contributed by atoms with Gasteiger partial charge in [-0.25, -0.2) is 0 Å². The summed E-state index contributed by atoms with van der Waals surface area (Å²) in [6.07, 6.45) is 3.76. The Morgan fingerprint density at radius 3 is 2.40 bits per heavy atom. The summed E-state index contributed by atoms with van der Waals surface area (Å²) in [7, 11) is 2.09. The van der Waals surface area contributed by atoms with E-state index in [0.29, 0.717) is 0 Å². The zero-order valence-electron chi connectivity index (χ0n) is 9.53. The maximum Gasteiger partial charge on any atom is 0.0991 e. The number of nitriles is 1. The summed E-state index contributed by atoms with van der Waals surface area (Å²) in [6, 6.07) is 9.87. The van der Waals surface area contributed by atoms with Crippen LogP contribution in [0.5, 0.6) is 0 Å². The van der Waals surface area contributed by atoms with E-state index in [1.165, 1.54) is 24.9 Å². The smallest absolute Gasteiger partial charge is 0.0991 e. The summed E-state index contributed by atoms with van der Waals surface area (Å²) in [6.45, 7) is 3.29. The number of nitrogens with zero attached hydrogens (tertiary/aromatic N) is 2. The summed E-state index contributed by atoms with van der Waals surface area (Å²) >= 11 is 0. The fourth-order valence-corrected chi connectivity index (χ4v) is 1.52. The SMILES string of the molecule is CCCCCN(C)c1ccc(C#N)cc1. The van der Waals surface area contributed by atoms with Gasteiger partial charge in [-0.2, -0.15) is 5.26 Å². The summed E-state index contributed by atoms with van der Waals surface area (Å²) in [4.78, 5) is 2.23. The predicted molar refractivity (Wildman–Crippen MR) is 64.0 cm³/mol. The molecule has 0 radical (unpaired) electrons. The second-order valence-corrected chi connectivity index (χ2v) is 3.79. The normalized spacial score (nSPS) is 9.67. The molecule has 0 spiro atoms. The molecule has 1 aromatic carbocycles. The van der Waals surface area contributed by atoms with Crippen molar-refractivity contribution in [2.24, 2.45) is 0 Å². The molecule has 2 nitrogen and oxygen atoms in total. The first-order chi connectivity index (χ1) is 7.27. The van der Waals surface area contributed by atoms with Crippen molar-refractivity contribution in [3.8, 4) is 6.07 Å². The van der Waals surface area contributed by atoms with Crippen LogP contribution in [0, 0.1) is 11.3 Å². The van der Waals surface area contributed by atoms with Gasteiger partial charge in [-0.1, -0.05) is 19.8 Å². The molecular formula is C13H18N2. The molecule has 0 heterocycles. The Hall–Kier alpha value is -1.49. The summed E-state index contributed by atoms with van der Waals surface area (Å²) < 4.78 is 0. The standard InChI is InChI=1S/C13H18N2/c1-3-4-5-10-15(2)13-8-6-12(11-14)7-9-13/h6-9H,3-5,10H2,1-2H3. The van der Waals surface area contributed by atoms with Crippen molar-refractivity contribution in [3.63, 3.8) is 0 Å². The number of hydrogen-bond acceptors (Lipinski definition) is 2. The zero-order valence-corrected chi connectivity index (χ0v) is 9.53. The third-order valence-corrected chi connectivity index (χ3v) is 2.53. The van der Waals surface area contributed by atoms with E-state index in [1.54, 1.807) is 0 Å². The molecule has 0 saturated heterocycles.